The Bertz CT molecular complexity index is 987. The van der Waals surface area contributed by atoms with Crippen LogP contribution in [0.15, 0.2) is 30.5 Å². The van der Waals surface area contributed by atoms with Crippen LogP contribution in [-0.2, 0) is 30.4 Å². The zero-order valence-electron chi connectivity index (χ0n) is 16.4. The molecule has 2 atom stereocenters. The highest BCUT2D eigenvalue weighted by atomic mass is 16.4. The molecule has 8 N–H and O–H groups in total. The minimum absolute atomic E-state index is 0.0398. The number of nitrogens with one attached hydrogen (secondary N) is 4. The van der Waals surface area contributed by atoms with Crippen molar-refractivity contribution >= 4 is 40.6 Å². The Balaban J connectivity index is 2.21. The number of hydrogen-bond acceptors (Lipinski definition) is 6. The first kappa shape index (κ1) is 23.3. The highest BCUT2D eigenvalue weighted by molar-refractivity contribution is 5.95. The molecule has 0 spiro atoms. The molecular formula is C19H23N5O7. The van der Waals surface area contributed by atoms with Crippen LogP contribution >= 0.6 is 0 Å². The number of fused-ring (bicyclic) bond motifs is 1. The molecule has 0 radical (unpaired) electrons. The van der Waals surface area contributed by atoms with Crippen LogP contribution in [0.25, 0.3) is 10.9 Å². The van der Waals surface area contributed by atoms with Gasteiger partial charge in [0.25, 0.3) is 0 Å². The number of carbonyl (C=O) groups is 5. The first-order valence-electron chi connectivity index (χ1n) is 9.27. The van der Waals surface area contributed by atoms with Crippen molar-refractivity contribution in [2.45, 2.75) is 24.9 Å². The molecule has 0 bridgehead atoms. The van der Waals surface area contributed by atoms with Crippen LogP contribution in [0.2, 0.25) is 0 Å². The molecule has 0 saturated heterocycles. The average molecular weight is 433 g/mol. The fourth-order valence-corrected chi connectivity index (χ4v) is 2.93. The lowest BCUT2D eigenvalue weighted by molar-refractivity contribution is -0.141. The van der Waals surface area contributed by atoms with Crippen LogP contribution < -0.4 is 21.7 Å². The molecule has 1 aromatic carbocycles. The molecule has 166 valence electrons. The van der Waals surface area contributed by atoms with Gasteiger partial charge >= 0.3 is 11.9 Å². The highest BCUT2D eigenvalue weighted by Gasteiger charge is 2.29. The molecule has 0 aliphatic rings. The van der Waals surface area contributed by atoms with E-state index in [1.807, 2.05) is 29.6 Å². The summed E-state index contributed by atoms with van der Waals surface area (Å²) in [6.07, 6.45) is 0.938. The summed E-state index contributed by atoms with van der Waals surface area (Å²) in [5, 5.41) is 25.3. The largest absolute Gasteiger partial charge is 0.481 e. The fourth-order valence-electron chi connectivity index (χ4n) is 2.93. The number of aromatic amines is 1. The summed E-state index contributed by atoms with van der Waals surface area (Å²) < 4.78 is 0. The number of carbonyl (C=O) groups excluding carboxylic acids is 3. The van der Waals surface area contributed by atoms with Gasteiger partial charge in [-0.2, -0.15) is 0 Å². The number of amides is 3. The standard InChI is InChI=1S/C19H23N5O7/c20-7-15(25)23-13(5-10-8-21-12-4-2-1-3-11(10)12)19(31)24-14(6-16(26)27)18(30)22-9-17(28)29/h1-4,8,13-14,21H,5-7,9,20H2,(H,22,30)(H,23,25)(H,24,31)(H,26,27)(H,28,29). The van der Waals surface area contributed by atoms with Gasteiger partial charge in [-0.15, -0.1) is 0 Å². The van der Waals surface area contributed by atoms with Gasteiger partial charge in [0.15, 0.2) is 0 Å². The summed E-state index contributed by atoms with van der Waals surface area (Å²) >= 11 is 0. The zero-order chi connectivity index (χ0) is 23.0. The van der Waals surface area contributed by atoms with Crippen molar-refractivity contribution in [3.63, 3.8) is 0 Å². The summed E-state index contributed by atoms with van der Waals surface area (Å²) in [7, 11) is 0. The molecule has 0 saturated carbocycles. The average Bonchev–Trinajstić information content (AvgIpc) is 3.13. The van der Waals surface area contributed by atoms with Gasteiger partial charge in [0.1, 0.15) is 18.6 Å². The van der Waals surface area contributed by atoms with Crippen LogP contribution in [0, 0.1) is 0 Å². The van der Waals surface area contributed by atoms with Crippen molar-refractivity contribution in [3.05, 3.63) is 36.0 Å². The minimum Gasteiger partial charge on any atom is -0.481 e. The lowest BCUT2D eigenvalue weighted by atomic mass is 10.0. The molecule has 3 amide bonds. The first-order chi connectivity index (χ1) is 14.7. The van der Waals surface area contributed by atoms with E-state index in [0.29, 0.717) is 5.56 Å². The third-order valence-electron chi connectivity index (χ3n) is 4.36. The monoisotopic (exact) mass is 433 g/mol. The summed E-state index contributed by atoms with van der Waals surface area (Å²) in [4.78, 5) is 61.6. The number of rotatable bonds is 11. The van der Waals surface area contributed by atoms with E-state index in [2.05, 4.69) is 15.6 Å². The van der Waals surface area contributed by atoms with Gasteiger partial charge in [-0.25, -0.2) is 0 Å². The van der Waals surface area contributed by atoms with Crippen molar-refractivity contribution in [2.75, 3.05) is 13.1 Å². The predicted octanol–water partition coefficient (Wildman–Crippen LogP) is -1.69. The van der Waals surface area contributed by atoms with Crippen LogP contribution in [0.1, 0.15) is 12.0 Å². The molecule has 0 aliphatic carbocycles. The lowest BCUT2D eigenvalue weighted by Crippen LogP contribution is -2.55. The van der Waals surface area contributed by atoms with Crippen LogP contribution in [-0.4, -0.2) is 70.0 Å². The zero-order valence-corrected chi connectivity index (χ0v) is 16.4. The Morgan fingerprint density at radius 3 is 2.32 bits per heavy atom. The number of aliphatic carboxylic acids is 2. The van der Waals surface area contributed by atoms with Gasteiger partial charge in [0.05, 0.1) is 13.0 Å². The normalized spacial score (nSPS) is 12.5. The topological polar surface area (TPSA) is 204 Å². The summed E-state index contributed by atoms with van der Waals surface area (Å²) in [5.74, 6) is -5.13. The summed E-state index contributed by atoms with van der Waals surface area (Å²) in [6.45, 7) is -1.12. The Morgan fingerprint density at radius 2 is 1.68 bits per heavy atom. The van der Waals surface area contributed by atoms with E-state index in [4.69, 9.17) is 15.9 Å². The summed E-state index contributed by atoms with van der Waals surface area (Å²) in [6, 6.07) is 4.61. The molecular weight excluding hydrogens is 410 g/mol. The molecule has 2 aromatic rings. The number of carboxylic acid groups (broad SMARTS) is 2. The van der Waals surface area contributed by atoms with Gasteiger partial charge in [-0.3, -0.25) is 24.0 Å². The van der Waals surface area contributed by atoms with Crippen LogP contribution in [0.3, 0.4) is 0 Å². The predicted molar refractivity (Wildman–Crippen MR) is 108 cm³/mol. The molecule has 1 aromatic heterocycles. The van der Waals surface area contributed by atoms with E-state index in [9.17, 15) is 24.0 Å². The van der Waals surface area contributed by atoms with E-state index >= 15 is 0 Å². The Kier molecular flexibility index (Phi) is 8.09. The quantitative estimate of drug-likeness (QED) is 0.217. The van der Waals surface area contributed by atoms with E-state index in [-0.39, 0.29) is 13.0 Å². The van der Waals surface area contributed by atoms with E-state index in [0.717, 1.165) is 10.9 Å². The van der Waals surface area contributed by atoms with Gasteiger partial charge in [-0.1, -0.05) is 18.2 Å². The number of aromatic nitrogens is 1. The van der Waals surface area contributed by atoms with Gasteiger partial charge < -0.3 is 36.9 Å². The van der Waals surface area contributed by atoms with Gasteiger partial charge in [0.2, 0.25) is 17.7 Å². The number of carboxylic acids is 2. The van der Waals surface area contributed by atoms with Crippen LogP contribution in [0.4, 0.5) is 0 Å². The number of H-pyrrole nitrogens is 1. The number of hydrogen-bond donors (Lipinski definition) is 7. The third-order valence-corrected chi connectivity index (χ3v) is 4.36. The highest BCUT2D eigenvalue weighted by Crippen LogP contribution is 2.19. The maximum Gasteiger partial charge on any atom is 0.322 e. The Hall–Kier alpha value is -3.93. The minimum atomic E-state index is -1.54. The van der Waals surface area contributed by atoms with Gasteiger partial charge in [0, 0.05) is 23.5 Å². The second-order valence-electron chi connectivity index (χ2n) is 6.66. The SMILES string of the molecule is NCC(=O)NC(Cc1c[nH]c2ccccc12)C(=O)NC(CC(=O)O)C(=O)NCC(=O)O. The number of benzene rings is 1. The van der Waals surface area contributed by atoms with E-state index in [1.165, 1.54) is 0 Å². The maximum absolute atomic E-state index is 12.8. The smallest absolute Gasteiger partial charge is 0.322 e. The maximum atomic E-state index is 12.8. The van der Waals surface area contributed by atoms with Crippen molar-refractivity contribution in [1.82, 2.24) is 20.9 Å². The molecule has 12 nitrogen and oxygen atoms in total. The molecule has 31 heavy (non-hydrogen) atoms. The lowest BCUT2D eigenvalue weighted by Gasteiger charge is -2.22. The van der Waals surface area contributed by atoms with Crippen molar-refractivity contribution < 1.29 is 34.2 Å². The molecule has 0 fully saturated rings. The first-order valence-corrected chi connectivity index (χ1v) is 9.27. The van der Waals surface area contributed by atoms with Crippen LogP contribution in [0.5, 0.6) is 0 Å². The number of para-hydroxylation sites is 1. The summed E-state index contributed by atoms with van der Waals surface area (Å²) in [5.41, 5.74) is 6.85. The second kappa shape index (κ2) is 10.7. The second-order valence-corrected chi connectivity index (χ2v) is 6.66. The van der Waals surface area contributed by atoms with E-state index in [1.54, 1.807) is 6.20 Å². The molecule has 12 heteroatoms. The Morgan fingerprint density at radius 1 is 0.968 bits per heavy atom. The van der Waals surface area contributed by atoms with Crippen molar-refractivity contribution in [2.24, 2.45) is 5.73 Å². The number of nitrogens with two attached hydrogens (primary N) is 1. The van der Waals surface area contributed by atoms with Crippen molar-refractivity contribution in [3.8, 4) is 0 Å². The molecule has 0 aliphatic heterocycles. The molecule has 2 unspecified atom stereocenters. The fraction of sp³-hybridized carbons (Fsp3) is 0.316. The Labute approximate surface area is 176 Å². The molecule has 1 heterocycles. The van der Waals surface area contributed by atoms with E-state index < -0.39 is 54.7 Å². The van der Waals surface area contributed by atoms with Crippen molar-refractivity contribution in [1.29, 1.82) is 0 Å². The molecule has 2 rings (SSSR count). The third kappa shape index (κ3) is 6.82. The van der Waals surface area contributed by atoms with Gasteiger partial charge in [-0.05, 0) is 11.6 Å².